The maximum atomic E-state index is 14.6. The lowest BCUT2D eigenvalue weighted by atomic mass is 9.59. The quantitative estimate of drug-likeness (QED) is 0.413. The molecule has 36 heavy (non-hydrogen) atoms. The molecule has 6 nitrogen and oxygen atoms in total. The highest BCUT2D eigenvalue weighted by molar-refractivity contribution is 6.33. The lowest BCUT2D eigenvalue weighted by molar-refractivity contribution is -0.132. The Balaban J connectivity index is 1.86. The molecule has 2 aliphatic rings. The summed E-state index contributed by atoms with van der Waals surface area (Å²) in [6.45, 7) is 1.74. The second kappa shape index (κ2) is 9.43. The standard InChI is InChI=1S/C27H21Cl3N2O4/c1-2-36-26(35)32-22-13-17(29)10-11-19(22)27(25(32)34)20(15-6-5-7-16(28)12-15)14-23(33)31-24(27)18-8-3-4-9-21(18)30/h3-13,20,24H,2,14H2,1H3,(H,31,33)/t20-,24?,27?/m0/s1. The molecule has 3 aromatic carbocycles. The first-order valence-corrected chi connectivity index (χ1v) is 12.5. The average Bonchev–Trinajstić information content (AvgIpc) is 3.09. The zero-order valence-corrected chi connectivity index (χ0v) is 21.4. The van der Waals surface area contributed by atoms with Crippen LogP contribution in [0, 0.1) is 0 Å². The number of amides is 3. The van der Waals surface area contributed by atoms with Gasteiger partial charge in [-0.1, -0.05) is 71.2 Å². The van der Waals surface area contributed by atoms with Crippen molar-refractivity contribution >= 4 is 58.4 Å². The van der Waals surface area contributed by atoms with Crippen molar-refractivity contribution in [3.05, 3.63) is 98.5 Å². The number of anilines is 1. The minimum absolute atomic E-state index is 0.00817. The zero-order valence-electron chi connectivity index (χ0n) is 19.1. The fourth-order valence-electron chi connectivity index (χ4n) is 5.45. The molecule has 2 aliphatic heterocycles. The predicted molar refractivity (Wildman–Crippen MR) is 139 cm³/mol. The molecule has 0 aromatic heterocycles. The van der Waals surface area contributed by atoms with Gasteiger partial charge >= 0.3 is 6.09 Å². The molecule has 3 aromatic rings. The van der Waals surface area contributed by atoms with Gasteiger partial charge in [0.15, 0.2) is 0 Å². The van der Waals surface area contributed by atoms with Crippen molar-refractivity contribution in [3.63, 3.8) is 0 Å². The Bertz CT molecular complexity index is 1390. The molecule has 5 rings (SSSR count). The molecule has 1 fully saturated rings. The van der Waals surface area contributed by atoms with Crippen molar-refractivity contribution in [2.75, 3.05) is 11.5 Å². The lowest BCUT2D eigenvalue weighted by Gasteiger charge is -2.46. The van der Waals surface area contributed by atoms with Crippen LogP contribution in [0.15, 0.2) is 66.7 Å². The summed E-state index contributed by atoms with van der Waals surface area (Å²) in [7, 11) is 0. The summed E-state index contributed by atoms with van der Waals surface area (Å²) in [5.41, 5.74) is 0.663. The van der Waals surface area contributed by atoms with E-state index < -0.39 is 29.4 Å². The summed E-state index contributed by atoms with van der Waals surface area (Å²) in [4.78, 5) is 41.9. The van der Waals surface area contributed by atoms with E-state index in [4.69, 9.17) is 39.5 Å². The Morgan fingerprint density at radius 3 is 2.50 bits per heavy atom. The van der Waals surface area contributed by atoms with Gasteiger partial charge in [-0.15, -0.1) is 0 Å². The first-order chi connectivity index (χ1) is 17.3. The number of carbonyl (C=O) groups is 3. The Hall–Kier alpha value is -3.06. The number of piperidine rings is 1. The van der Waals surface area contributed by atoms with Crippen molar-refractivity contribution in [2.45, 2.75) is 30.7 Å². The number of nitrogens with zero attached hydrogens (tertiary/aromatic N) is 1. The number of halogens is 3. The molecule has 0 saturated carbocycles. The summed E-state index contributed by atoms with van der Waals surface area (Å²) in [6, 6.07) is 18.2. The van der Waals surface area contributed by atoms with Crippen LogP contribution in [-0.2, 0) is 19.7 Å². The van der Waals surface area contributed by atoms with Crippen molar-refractivity contribution in [1.82, 2.24) is 5.32 Å². The topological polar surface area (TPSA) is 75.7 Å². The monoisotopic (exact) mass is 542 g/mol. The largest absolute Gasteiger partial charge is 0.449 e. The molecule has 9 heteroatoms. The SMILES string of the molecule is CCOC(=O)N1C(=O)C2(c3ccc(Cl)cc31)C(c1ccccc1Cl)NC(=O)C[C@H]2c1cccc(Cl)c1. The van der Waals surface area contributed by atoms with Crippen LogP contribution in [0.4, 0.5) is 10.5 Å². The predicted octanol–water partition coefficient (Wildman–Crippen LogP) is 6.43. The number of ether oxygens (including phenoxy) is 1. The highest BCUT2D eigenvalue weighted by Gasteiger charge is 2.65. The van der Waals surface area contributed by atoms with Gasteiger partial charge in [-0.25, -0.2) is 9.69 Å². The maximum Gasteiger partial charge on any atom is 0.421 e. The Labute approximate surface area is 223 Å². The second-order valence-electron chi connectivity index (χ2n) is 8.70. The fraction of sp³-hybridized carbons (Fsp3) is 0.222. The highest BCUT2D eigenvalue weighted by atomic mass is 35.5. The molecular weight excluding hydrogens is 523 g/mol. The van der Waals surface area contributed by atoms with Crippen molar-refractivity contribution in [2.24, 2.45) is 0 Å². The highest BCUT2D eigenvalue weighted by Crippen LogP contribution is 2.60. The van der Waals surface area contributed by atoms with E-state index >= 15 is 0 Å². The molecule has 0 bridgehead atoms. The molecule has 1 spiro atoms. The van der Waals surface area contributed by atoms with Crippen LogP contribution in [0.5, 0.6) is 0 Å². The molecule has 184 valence electrons. The van der Waals surface area contributed by atoms with E-state index in [1.807, 2.05) is 6.07 Å². The van der Waals surface area contributed by atoms with E-state index in [9.17, 15) is 14.4 Å². The van der Waals surface area contributed by atoms with Gasteiger partial charge in [0.2, 0.25) is 11.8 Å². The van der Waals surface area contributed by atoms with Crippen LogP contribution in [0.1, 0.15) is 42.0 Å². The van der Waals surface area contributed by atoms with E-state index in [1.165, 1.54) is 0 Å². The number of carbonyl (C=O) groups excluding carboxylic acids is 3. The van der Waals surface area contributed by atoms with E-state index in [1.54, 1.807) is 67.6 Å². The number of hydrogen-bond donors (Lipinski definition) is 1. The molecule has 0 radical (unpaired) electrons. The summed E-state index contributed by atoms with van der Waals surface area (Å²) in [6.07, 6.45) is -0.825. The average molecular weight is 544 g/mol. The first kappa shape index (κ1) is 24.6. The number of benzene rings is 3. The van der Waals surface area contributed by atoms with Gasteiger partial charge in [-0.3, -0.25) is 9.59 Å². The van der Waals surface area contributed by atoms with Gasteiger partial charge in [0.25, 0.3) is 0 Å². The van der Waals surface area contributed by atoms with Gasteiger partial charge in [-0.2, -0.15) is 0 Å². The summed E-state index contributed by atoms with van der Waals surface area (Å²) in [5.74, 6) is -1.46. The van der Waals surface area contributed by atoms with Gasteiger partial charge in [-0.05, 0) is 53.9 Å². The van der Waals surface area contributed by atoms with Crippen LogP contribution < -0.4 is 10.2 Å². The van der Waals surface area contributed by atoms with Crippen LogP contribution in [-0.4, -0.2) is 24.5 Å². The Morgan fingerprint density at radius 2 is 1.78 bits per heavy atom. The van der Waals surface area contributed by atoms with Crippen molar-refractivity contribution in [1.29, 1.82) is 0 Å². The Morgan fingerprint density at radius 1 is 1.03 bits per heavy atom. The molecule has 0 aliphatic carbocycles. The molecule has 2 heterocycles. The van der Waals surface area contributed by atoms with E-state index in [-0.39, 0.29) is 18.9 Å². The summed E-state index contributed by atoms with van der Waals surface area (Å²) in [5, 5.41) is 4.20. The van der Waals surface area contributed by atoms with Gasteiger partial charge in [0, 0.05) is 27.4 Å². The lowest BCUT2D eigenvalue weighted by Crippen LogP contribution is -2.58. The zero-order chi connectivity index (χ0) is 25.6. The minimum Gasteiger partial charge on any atom is -0.449 e. The summed E-state index contributed by atoms with van der Waals surface area (Å²) >= 11 is 19.3. The normalized spacial score (nSPS) is 22.9. The van der Waals surface area contributed by atoms with Crippen LogP contribution in [0.2, 0.25) is 15.1 Å². The first-order valence-electron chi connectivity index (χ1n) is 11.4. The molecule has 3 amide bonds. The molecule has 1 N–H and O–H groups in total. The molecule has 2 unspecified atom stereocenters. The van der Waals surface area contributed by atoms with Gasteiger partial charge in [0.05, 0.1) is 18.3 Å². The van der Waals surface area contributed by atoms with E-state index in [0.29, 0.717) is 37.4 Å². The third-order valence-electron chi connectivity index (χ3n) is 6.82. The third kappa shape index (κ3) is 3.76. The number of imide groups is 1. The van der Waals surface area contributed by atoms with Crippen LogP contribution in [0.3, 0.4) is 0 Å². The number of rotatable bonds is 3. The Kier molecular flexibility index (Phi) is 6.45. The maximum absolute atomic E-state index is 14.6. The molecule has 3 atom stereocenters. The van der Waals surface area contributed by atoms with Crippen LogP contribution in [0.25, 0.3) is 0 Å². The second-order valence-corrected chi connectivity index (χ2v) is 9.98. The van der Waals surface area contributed by atoms with E-state index in [2.05, 4.69) is 5.32 Å². The number of hydrogen-bond acceptors (Lipinski definition) is 4. The molecular formula is C27H21Cl3N2O4. The number of fused-ring (bicyclic) bond motifs is 2. The molecule has 1 saturated heterocycles. The van der Waals surface area contributed by atoms with Crippen molar-refractivity contribution in [3.8, 4) is 0 Å². The van der Waals surface area contributed by atoms with Gasteiger partial charge in [0.1, 0.15) is 5.41 Å². The third-order valence-corrected chi connectivity index (χ3v) is 7.64. The number of nitrogens with one attached hydrogen (secondary N) is 1. The van der Waals surface area contributed by atoms with Gasteiger partial charge < -0.3 is 10.1 Å². The van der Waals surface area contributed by atoms with E-state index in [0.717, 1.165) is 4.90 Å². The minimum atomic E-state index is -1.43. The van der Waals surface area contributed by atoms with Crippen LogP contribution >= 0.6 is 34.8 Å². The van der Waals surface area contributed by atoms with Crippen molar-refractivity contribution < 1.29 is 19.1 Å². The summed E-state index contributed by atoms with van der Waals surface area (Å²) < 4.78 is 5.26. The smallest absolute Gasteiger partial charge is 0.421 e. The fourth-order valence-corrected chi connectivity index (χ4v) is 6.06.